The minimum Gasteiger partial charge on any atom is -0.484 e. The number of ketones is 1. The fourth-order valence-electron chi connectivity index (χ4n) is 1.46. The molecule has 2 rings (SSSR count). The molecule has 0 spiro atoms. The molecule has 0 saturated heterocycles. The lowest BCUT2D eigenvalue weighted by molar-refractivity contribution is 0.0921. The molecular formula is C14H9Cl3O2. The molecule has 2 nitrogen and oxygen atoms in total. The average Bonchev–Trinajstić information content (AvgIpc) is 2.41. The van der Waals surface area contributed by atoms with E-state index in [-0.39, 0.29) is 12.4 Å². The fourth-order valence-corrected chi connectivity index (χ4v) is 1.93. The van der Waals surface area contributed by atoms with Crippen molar-refractivity contribution >= 4 is 40.6 Å². The third kappa shape index (κ3) is 3.63. The lowest BCUT2D eigenvalue weighted by Gasteiger charge is -2.08. The van der Waals surface area contributed by atoms with Gasteiger partial charge < -0.3 is 4.74 Å². The lowest BCUT2D eigenvalue weighted by Crippen LogP contribution is -2.11. The van der Waals surface area contributed by atoms with Crippen molar-refractivity contribution in [2.45, 2.75) is 0 Å². The van der Waals surface area contributed by atoms with E-state index >= 15 is 0 Å². The van der Waals surface area contributed by atoms with Gasteiger partial charge in [0.05, 0.1) is 5.02 Å². The maximum atomic E-state index is 11.9. The van der Waals surface area contributed by atoms with Gasteiger partial charge in [0.2, 0.25) is 0 Å². The van der Waals surface area contributed by atoms with Gasteiger partial charge in [0.1, 0.15) is 10.8 Å². The van der Waals surface area contributed by atoms with E-state index in [9.17, 15) is 4.79 Å². The second-order valence-electron chi connectivity index (χ2n) is 3.77. The van der Waals surface area contributed by atoms with Gasteiger partial charge in [0.15, 0.2) is 12.4 Å². The number of hydrogen-bond acceptors (Lipinski definition) is 2. The molecule has 0 unspecified atom stereocenters. The number of carbonyl (C=O) groups is 1. The van der Waals surface area contributed by atoms with Crippen LogP contribution in [0.1, 0.15) is 10.4 Å². The molecule has 0 aromatic heterocycles. The highest BCUT2D eigenvalue weighted by Gasteiger charge is 2.10. The summed E-state index contributed by atoms with van der Waals surface area (Å²) in [6, 6.07) is 11.6. The number of Topliss-reactive ketones (excluding diaryl/α,β-unsaturated/α-hetero) is 1. The molecule has 5 heteroatoms. The smallest absolute Gasteiger partial charge is 0.200 e. The Bertz CT molecular complexity index is 594. The Morgan fingerprint density at radius 1 is 1.00 bits per heavy atom. The van der Waals surface area contributed by atoms with E-state index in [1.807, 2.05) is 0 Å². The highest BCUT2D eigenvalue weighted by Crippen LogP contribution is 2.31. The fraction of sp³-hybridized carbons (Fsp3) is 0.0714. The normalized spacial score (nSPS) is 10.3. The summed E-state index contributed by atoms with van der Waals surface area (Å²) < 4.78 is 5.37. The maximum absolute atomic E-state index is 11.9. The Labute approximate surface area is 125 Å². The van der Waals surface area contributed by atoms with E-state index in [0.717, 1.165) is 0 Å². The Kier molecular flexibility index (Phi) is 4.70. The lowest BCUT2D eigenvalue weighted by atomic mass is 10.1. The molecule has 0 radical (unpaired) electrons. The first-order valence-corrected chi connectivity index (χ1v) is 6.57. The summed E-state index contributed by atoms with van der Waals surface area (Å²) in [4.78, 5) is 11.9. The van der Waals surface area contributed by atoms with Crippen molar-refractivity contribution in [3.63, 3.8) is 0 Å². The molecule has 0 aliphatic rings. The van der Waals surface area contributed by atoms with Crippen LogP contribution in [-0.2, 0) is 0 Å². The molecule has 0 atom stereocenters. The van der Waals surface area contributed by atoms with Gasteiger partial charge in [-0.05, 0) is 36.4 Å². The Morgan fingerprint density at radius 2 is 1.68 bits per heavy atom. The molecule has 19 heavy (non-hydrogen) atoms. The minimum absolute atomic E-state index is 0.109. The van der Waals surface area contributed by atoms with Crippen LogP contribution >= 0.6 is 34.8 Å². The second-order valence-corrected chi connectivity index (χ2v) is 4.99. The van der Waals surface area contributed by atoms with Crippen molar-refractivity contribution in [1.29, 1.82) is 0 Å². The highest BCUT2D eigenvalue weighted by atomic mass is 35.5. The molecule has 2 aromatic carbocycles. The van der Waals surface area contributed by atoms with E-state index in [1.54, 1.807) is 42.5 Å². The van der Waals surface area contributed by atoms with Gasteiger partial charge in [-0.1, -0.05) is 40.9 Å². The van der Waals surface area contributed by atoms with E-state index in [2.05, 4.69) is 0 Å². The second kappa shape index (κ2) is 6.29. The van der Waals surface area contributed by atoms with Crippen LogP contribution in [0.5, 0.6) is 5.75 Å². The molecule has 2 aromatic rings. The van der Waals surface area contributed by atoms with Crippen LogP contribution in [0.3, 0.4) is 0 Å². The predicted molar refractivity (Wildman–Crippen MR) is 77.7 cm³/mol. The van der Waals surface area contributed by atoms with Gasteiger partial charge in [-0.2, -0.15) is 0 Å². The highest BCUT2D eigenvalue weighted by molar-refractivity contribution is 6.42. The largest absolute Gasteiger partial charge is 0.484 e. The van der Waals surface area contributed by atoms with Gasteiger partial charge in [0, 0.05) is 10.6 Å². The van der Waals surface area contributed by atoms with Gasteiger partial charge in [0.25, 0.3) is 0 Å². The number of ether oxygens (including phenoxy) is 1. The van der Waals surface area contributed by atoms with Crippen LogP contribution in [0.2, 0.25) is 15.1 Å². The van der Waals surface area contributed by atoms with Crippen LogP contribution < -0.4 is 4.74 Å². The van der Waals surface area contributed by atoms with Crippen molar-refractivity contribution < 1.29 is 9.53 Å². The van der Waals surface area contributed by atoms with Crippen LogP contribution in [0.15, 0.2) is 42.5 Å². The summed E-state index contributed by atoms with van der Waals surface area (Å²) in [6.45, 7) is -0.109. The first-order valence-electron chi connectivity index (χ1n) is 5.43. The molecule has 0 aliphatic heterocycles. The first-order chi connectivity index (χ1) is 9.08. The standard InChI is InChI=1S/C14H9Cl3O2/c15-10-6-4-9(5-7-10)12(18)8-19-13-3-1-2-11(16)14(13)17/h1-7H,8H2. The summed E-state index contributed by atoms with van der Waals surface area (Å²) in [5.74, 6) is 0.226. The average molecular weight is 316 g/mol. The van der Waals surface area contributed by atoms with Crippen LogP contribution in [0.4, 0.5) is 0 Å². The molecule has 0 saturated carbocycles. The Hall–Kier alpha value is -1.22. The van der Waals surface area contributed by atoms with Gasteiger partial charge >= 0.3 is 0 Å². The summed E-state index contributed by atoms with van der Waals surface area (Å²) in [6.07, 6.45) is 0. The first kappa shape index (κ1) is 14.2. The van der Waals surface area contributed by atoms with Crippen molar-refractivity contribution in [3.05, 3.63) is 63.1 Å². The van der Waals surface area contributed by atoms with E-state index < -0.39 is 0 Å². The maximum Gasteiger partial charge on any atom is 0.200 e. The van der Waals surface area contributed by atoms with Gasteiger partial charge in [-0.25, -0.2) is 0 Å². The summed E-state index contributed by atoms with van der Waals surface area (Å²) in [5, 5.41) is 1.27. The SMILES string of the molecule is O=C(COc1cccc(Cl)c1Cl)c1ccc(Cl)cc1. The molecule has 98 valence electrons. The van der Waals surface area contributed by atoms with Crippen molar-refractivity contribution in [3.8, 4) is 5.75 Å². The molecular weight excluding hydrogens is 307 g/mol. The molecule has 0 aliphatic carbocycles. The van der Waals surface area contributed by atoms with E-state index in [1.165, 1.54) is 0 Å². The zero-order valence-electron chi connectivity index (χ0n) is 9.70. The Balaban J connectivity index is 2.04. The summed E-state index contributed by atoms with van der Waals surface area (Å²) in [7, 11) is 0. The summed E-state index contributed by atoms with van der Waals surface area (Å²) in [5.41, 5.74) is 0.530. The zero-order chi connectivity index (χ0) is 13.8. The van der Waals surface area contributed by atoms with Gasteiger partial charge in [-0.15, -0.1) is 0 Å². The van der Waals surface area contributed by atoms with Crippen molar-refractivity contribution in [2.75, 3.05) is 6.61 Å². The minimum atomic E-state index is -0.160. The Morgan fingerprint density at radius 3 is 2.37 bits per heavy atom. The topological polar surface area (TPSA) is 26.3 Å². The number of hydrogen-bond donors (Lipinski definition) is 0. The third-order valence-corrected chi connectivity index (χ3v) is 3.49. The monoisotopic (exact) mass is 314 g/mol. The number of rotatable bonds is 4. The van der Waals surface area contributed by atoms with E-state index in [4.69, 9.17) is 39.5 Å². The van der Waals surface area contributed by atoms with Gasteiger partial charge in [-0.3, -0.25) is 4.79 Å². The zero-order valence-corrected chi connectivity index (χ0v) is 12.0. The predicted octanol–water partition coefficient (Wildman–Crippen LogP) is 4.91. The van der Waals surface area contributed by atoms with Crippen LogP contribution in [-0.4, -0.2) is 12.4 Å². The molecule has 0 fully saturated rings. The summed E-state index contributed by atoms with van der Waals surface area (Å²) >= 11 is 17.6. The quantitative estimate of drug-likeness (QED) is 0.749. The van der Waals surface area contributed by atoms with E-state index in [0.29, 0.717) is 26.4 Å². The molecule has 0 bridgehead atoms. The van der Waals surface area contributed by atoms with Crippen LogP contribution in [0.25, 0.3) is 0 Å². The third-order valence-electron chi connectivity index (χ3n) is 2.44. The molecule has 0 N–H and O–H groups in total. The van der Waals surface area contributed by atoms with Crippen molar-refractivity contribution in [2.24, 2.45) is 0 Å². The molecule has 0 amide bonds. The number of benzene rings is 2. The number of carbonyl (C=O) groups excluding carboxylic acids is 1. The van der Waals surface area contributed by atoms with Crippen molar-refractivity contribution in [1.82, 2.24) is 0 Å². The number of halogens is 3. The molecule has 0 heterocycles. The van der Waals surface area contributed by atoms with Crippen LogP contribution in [0, 0.1) is 0 Å².